The highest BCUT2D eigenvalue weighted by Crippen LogP contribution is 2.11. The molecule has 0 radical (unpaired) electrons. The van der Waals surface area contributed by atoms with E-state index in [0.717, 1.165) is 37.1 Å². The van der Waals surface area contributed by atoms with Crippen molar-refractivity contribution < 1.29 is 9.47 Å². The number of aryl methyl sites for hydroxylation is 1. The summed E-state index contributed by atoms with van der Waals surface area (Å²) < 4.78 is 13.1. The minimum atomic E-state index is 0. The zero-order chi connectivity index (χ0) is 21.6. The van der Waals surface area contributed by atoms with E-state index in [-0.39, 0.29) is 30.0 Å². The number of hydrogen-bond donors (Lipinski definition) is 2. The standard InChI is InChI=1S/C22H36N6O2.HI/c1-5-6-13-29-15-16-30-14-12-23-22(24-17-21-27-26-19(3)28(21)4)25-18(2)20-10-8-7-9-11-20;/h7-11,18H,5-6,12-17H2,1-4H3,(H2,23,24,25);1H. The summed E-state index contributed by atoms with van der Waals surface area (Å²) in [4.78, 5) is 4.69. The van der Waals surface area contributed by atoms with Crippen LogP contribution in [-0.4, -0.2) is 53.7 Å². The fourth-order valence-corrected chi connectivity index (χ4v) is 2.73. The number of aliphatic imine (C=N–C) groups is 1. The zero-order valence-corrected chi connectivity index (χ0v) is 21.5. The maximum absolute atomic E-state index is 5.64. The van der Waals surface area contributed by atoms with Crippen LogP contribution in [0, 0.1) is 6.92 Å². The van der Waals surface area contributed by atoms with E-state index < -0.39 is 0 Å². The lowest BCUT2D eigenvalue weighted by molar-refractivity contribution is 0.0487. The summed E-state index contributed by atoms with van der Waals surface area (Å²) in [6, 6.07) is 10.4. The Kier molecular flexibility index (Phi) is 14.1. The predicted octanol–water partition coefficient (Wildman–Crippen LogP) is 3.37. The van der Waals surface area contributed by atoms with Gasteiger partial charge in [-0.25, -0.2) is 4.99 Å². The number of ether oxygens (including phenoxy) is 2. The number of aromatic nitrogens is 3. The lowest BCUT2D eigenvalue weighted by Crippen LogP contribution is -2.40. The van der Waals surface area contributed by atoms with Crippen molar-refractivity contribution in [3.63, 3.8) is 0 Å². The predicted molar refractivity (Wildman–Crippen MR) is 135 cm³/mol. The second-order valence-electron chi connectivity index (χ2n) is 7.17. The molecule has 8 nitrogen and oxygen atoms in total. The van der Waals surface area contributed by atoms with Crippen LogP contribution in [-0.2, 0) is 23.1 Å². The number of nitrogens with one attached hydrogen (secondary N) is 2. The molecule has 0 aliphatic heterocycles. The molecule has 0 aliphatic rings. The Morgan fingerprint density at radius 3 is 2.45 bits per heavy atom. The fourth-order valence-electron chi connectivity index (χ4n) is 2.73. The van der Waals surface area contributed by atoms with Crippen LogP contribution in [0.1, 0.15) is 49.9 Å². The summed E-state index contributed by atoms with van der Waals surface area (Å²) in [5.74, 6) is 2.41. The van der Waals surface area contributed by atoms with Gasteiger partial charge in [0.1, 0.15) is 12.4 Å². The maximum Gasteiger partial charge on any atom is 0.192 e. The van der Waals surface area contributed by atoms with Gasteiger partial charge < -0.3 is 24.7 Å². The lowest BCUT2D eigenvalue weighted by Gasteiger charge is -2.19. The maximum atomic E-state index is 5.64. The molecular weight excluding hydrogens is 507 g/mol. The van der Waals surface area contributed by atoms with Crippen molar-refractivity contribution in [2.75, 3.05) is 33.0 Å². The van der Waals surface area contributed by atoms with Crippen molar-refractivity contribution in [2.24, 2.45) is 12.0 Å². The van der Waals surface area contributed by atoms with E-state index in [1.54, 1.807) is 0 Å². The van der Waals surface area contributed by atoms with Crippen molar-refractivity contribution in [2.45, 2.75) is 46.2 Å². The molecule has 0 fully saturated rings. The smallest absolute Gasteiger partial charge is 0.192 e. The van der Waals surface area contributed by atoms with Crippen LogP contribution < -0.4 is 10.6 Å². The SMILES string of the molecule is CCCCOCCOCCNC(=NCc1nnc(C)n1C)NC(C)c1ccccc1.I. The third-order valence-electron chi connectivity index (χ3n) is 4.77. The quantitative estimate of drug-likeness (QED) is 0.174. The molecule has 2 N–H and O–H groups in total. The average Bonchev–Trinajstić information content (AvgIpc) is 3.08. The average molecular weight is 544 g/mol. The van der Waals surface area contributed by atoms with Crippen LogP contribution in [0.15, 0.2) is 35.3 Å². The minimum Gasteiger partial charge on any atom is -0.379 e. The van der Waals surface area contributed by atoms with Crippen LogP contribution in [0.2, 0.25) is 0 Å². The van der Waals surface area contributed by atoms with Gasteiger partial charge in [-0.2, -0.15) is 0 Å². The summed E-state index contributed by atoms with van der Waals surface area (Å²) in [5, 5.41) is 15.1. The van der Waals surface area contributed by atoms with Crippen molar-refractivity contribution in [3.8, 4) is 0 Å². The summed E-state index contributed by atoms with van der Waals surface area (Å²) in [6.07, 6.45) is 2.24. The molecule has 0 bridgehead atoms. The molecule has 0 saturated carbocycles. The molecule has 2 rings (SSSR count). The Morgan fingerprint density at radius 1 is 1.10 bits per heavy atom. The van der Waals surface area contributed by atoms with Gasteiger partial charge in [-0.15, -0.1) is 34.2 Å². The molecule has 174 valence electrons. The molecule has 31 heavy (non-hydrogen) atoms. The Morgan fingerprint density at radius 2 is 1.81 bits per heavy atom. The molecule has 0 aliphatic carbocycles. The first-order chi connectivity index (χ1) is 14.6. The third-order valence-corrected chi connectivity index (χ3v) is 4.77. The molecule has 9 heteroatoms. The van der Waals surface area contributed by atoms with E-state index in [1.807, 2.05) is 36.7 Å². The van der Waals surface area contributed by atoms with Gasteiger partial charge in [0.15, 0.2) is 11.8 Å². The number of nitrogens with zero attached hydrogens (tertiary/aromatic N) is 4. The Balaban J connectivity index is 0.00000480. The number of rotatable bonds is 13. The monoisotopic (exact) mass is 544 g/mol. The Hall–Kier alpha value is -1.72. The number of unbranched alkanes of at least 4 members (excludes halogenated alkanes) is 1. The van der Waals surface area contributed by atoms with Crippen LogP contribution in [0.5, 0.6) is 0 Å². The van der Waals surface area contributed by atoms with Gasteiger partial charge in [0.2, 0.25) is 0 Å². The molecule has 0 amide bonds. The van der Waals surface area contributed by atoms with Crippen molar-refractivity contribution in [3.05, 3.63) is 47.5 Å². The normalized spacial score (nSPS) is 12.3. The largest absolute Gasteiger partial charge is 0.379 e. The van der Waals surface area contributed by atoms with E-state index in [9.17, 15) is 0 Å². The van der Waals surface area contributed by atoms with Gasteiger partial charge in [-0.05, 0) is 25.8 Å². The number of guanidine groups is 1. The van der Waals surface area contributed by atoms with Crippen LogP contribution in [0.25, 0.3) is 0 Å². The fraction of sp³-hybridized carbons (Fsp3) is 0.591. The molecular formula is C22H37IN6O2. The minimum absolute atomic E-state index is 0. The number of halogens is 1. The summed E-state index contributed by atoms with van der Waals surface area (Å²) in [5.41, 5.74) is 1.20. The number of benzene rings is 1. The third kappa shape index (κ3) is 10.4. The summed E-state index contributed by atoms with van der Waals surface area (Å²) >= 11 is 0. The van der Waals surface area contributed by atoms with Gasteiger partial charge in [-0.1, -0.05) is 43.7 Å². The molecule has 1 aromatic heterocycles. The lowest BCUT2D eigenvalue weighted by atomic mass is 10.1. The summed E-state index contributed by atoms with van der Waals surface area (Å²) in [7, 11) is 1.95. The Labute approximate surface area is 203 Å². The highest BCUT2D eigenvalue weighted by Gasteiger charge is 2.09. The molecule has 1 aromatic carbocycles. The van der Waals surface area contributed by atoms with Gasteiger partial charge in [0, 0.05) is 20.2 Å². The topological polar surface area (TPSA) is 85.6 Å². The highest BCUT2D eigenvalue weighted by atomic mass is 127. The van der Waals surface area contributed by atoms with E-state index in [1.165, 1.54) is 5.56 Å². The van der Waals surface area contributed by atoms with Gasteiger partial charge >= 0.3 is 0 Å². The van der Waals surface area contributed by atoms with Crippen molar-refractivity contribution >= 4 is 29.9 Å². The van der Waals surface area contributed by atoms with E-state index >= 15 is 0 Å². The first-order valence-electron chi connectivity index (χ1n) is 10.7. The molecule has 2 aromatic rings. The van der Waals surface area contributed by atoms with E-state index in [0.29, 0.717) is 32.9 Å². The van der Waals surface area contributed by atoms with E-state index in [2.05, 4.69) is 46.8 Å². The number of hydrogen-bond acceptors (Lipinski definition) is 5. The molecule has 0 spiro atoms. The highest BCUT2D eigenvalue weighted by molar-refractivity contribution is 14.0. The molecule has 1 heterocycles. The van der Waals surface area contributed by atoms with Gasteiger partial charge in [0.05, 0.1) is 25.9 Å². The second-order valence-corrected chi connectivity index (χ2v) is 7.17. The first kappa shape index (κ1) is 27.3. The van der Waals surface area contributed by atoms with Crippen LogP contribution >= 0.6 is 24.0 Å². The van der Waals surface area contributed by atoms with Crippen molar-refractivity contribution in [1.82, 2.24) is 25.4 Å². The molecule has 0 saturated heterocycles. The zero-order valence-electron chi connectivity index (χ0n) is 19.1. The van der Waals surface area contributed by atoms with Crippen LogP contribution in [0.3, 0.4) is 0 Å². The van der Waals surface area contributed by atoms with Gasteiger partial charge in [-0.3, -0.25) is 0 Å². The van der Waals surface area contributed by atoms with E-state index in [4.69, 9.17) is 14.5 Å². The van der Waals surface area contributed by atoms with Gasteiger partial charge in [0.25, 0.3) is 0 Å². The Bertz CT molecular complexity index is 754. The molecule has 1 unspecified atom stereocenters. The molecule has 1 atom stereocenters. The first-order valence-corrected chi connectivity index (χ1v) is 10.7. The summed E-state index contributed by atoms with van der Waals surface area (Å²) in [6.45, 7) is 9.92. The van der Waals surface area contributed by atoms with Crippen LogP contribution in [0.4, 0.5) is 0 Å². The van der Waals surface area contributed by atoms with Crippen molar-refractivity contribution in [1.29, 1.82) is 0 Å². The second kappa shape index (κ2) is 16.0.